The second-order valence-corrected chi connectivity index (χ2v) is 8.76. The average Bonchev–Trinajstić information content (AvgIpc) is 3.19. The van der Waals surface area contributed by atoms with Gasteiger partial charge in [0.05, 0.1) is 6.10 Å². The van der Waals surface area contributed by atoms with Crippen LogP contribution >= 0.6 is 7.82 Å². The van der Waals surface area contributed by atoms with Gasteiger partial charge in [0.1, 0.15) is 29.1 Å². The minimum Gasteiger partial charge on any atom is -0.478 e. The van der Waals surface area contributed by atoms with Crippen molar-refractivity contribution in [1.82, 2.24) is 15.0 Å². The maximum absolute atomic E-state index is 13.4. The maximum atomic E-state index is 13.4. The summed E-state index contributed by atoms with van der Waals surface area (Å²) in [6.45, 7) is 0. The second-order valence-electron chi connectivity index (χ2n) is 7.31. The molecule has 0 bridgehead atoms. The van der Waals surface area contributed by atoms with E-state index in [4.69, 9.17) is 24.1 Å². The Hall–Kier alpha value is -3.74. The van der Waals surface area contributed by atoms with Gasteiger partial charge in [0.15, 0.2) is 6.23 Å². The van der Waals surface area contributed by atoms with Crippen molar-refractivity contribution in [3.05, 3.63) is 82.9 Å². The highest BCUT2D eigenvalue weighted by atomic mass is 31.2. The lowest BCUT2D eigenvalue weighted by Gasteiger charge is -2.22. The van der Waals surface area contributed by atoms with Gasteiger partial charge in [-0.3, -0.25) is 4.57 Å². The van der Waals surface area contributed by atoms with Gasteiger partial charge < -0.3 is 29.7 Å². The number of carboxylic acids is 1. The fourth-order valence-electron chi connectivity index (χ4n) is 3.18. The van der Waals surface area contributed by atoms with Crippen molar-refractivity contribution in [1.29, 1.82) is 0 Å². The number of para-hydroxylation sites is 2. The predicted octanol–water partition coefficient (Wildman–Crippen LogP) is 1.92. The third kappa shape index (κ3) is 5.85. The number of aromatic carboxylic acids is 1. The molecular formula is C21H21N4O9P. The number of benzene rings is 2. The highest BCUT2D eigenvalue weighted by Gasteiger charge is 2.40. The molecule has 1 saturated heterocycles. The molecule has 184 valence electrons. The van der Waals surface area contributed by atoms with Crippen LogP contribution in [0, 0.1) is 0 Å². The molecular weight excluding hydrogens is 483 g/mol. The van der Waals surface area contributed by atoms with Crippen molar-refractivity contribution in [2.45, 2.75) is 25.0 Å². The number of nitrogens with two attached hydrogens (primary N) is 1. The summed E-state index contributed by atoms with van der Waals surface area (Å²) in [5.41, 5.74) is 6.51. The van der Waals surface area contributed by atoms with Crippen molar-refractivity contribution in [3.63, 3.8) is 0 Å². The van der Waals surface area contributed by atoms with Crippen LogP contribution in [-0.2, 0) is 13.9 Å². The van der Waals surface area contributed by atoms with Gasteiger partial charge in [-0.25, -0.2) is 14.2 Å². The molecule has 0 amide bonds. The van der Waals surface area contributed by atoms with E-state index in [1.54, 1.807) is 60.7 Å². The molecule has 14 heteroatoms. The normalized spacial score (nSPS) is 19.9. The standard InChI is InChI=1S/C21H21N4O9P/c22-18-15(20(27)28)12-25(21(29)23-18)17-11-16(26)19(31-17)24-34-35(30,32-13-7-3-1-4-8-13)33-14-9-5-2-6-10-14/h1-10,12,16-17,19,24,26H,11H2,(H,27,28)(H2,22,23,29)/t16-,17+,19-/m0/s1. The number of ether oxygens (including phenoxy) is 1. The topological polar surface area (TPSA) is 184 Å². The van der Waals surface area contributed by atoms with Crippen molar-refractivity contribution >= 4 is 19.6 Å². The summed E-state index contributed by atoms with van der Waals surface area (Å²) >= 11 is 0. The Morgan fingerprint density at radius 2 is 1.69 bits per heavy atom. The Morgan fingerprint density at radius 3 is 2.23 bits per heavy atom. The largest absolute Gasteiger partial charge is 0.604 e. The van der Waals surface area contributed by atoms with Crippen LogP contribution < -0.4 is 26.0 Å². The molecule has 2 heterocycles. The predicted molar refractivity (Wildman–Crippen MR) is 120 cm³/mol. The van der Waals surface area contributed by atoms with E-state index in [1.807, 2.05) is 0 Å². The number of rotatable bonds is 9. The average molecular weight is 504 g/mol. The third-order valence-electron chi connectivity index (χ3n) is 4.82. The summed E-state index contributed by atoms with van der Waals surface area (Å²) < 4.78 is 36.0. The molecule has 3 atom stereocenters. The van der Waals surface area contributed by atoms with Gasteiger partial charge in [0, 0.05) is 12.6 Å². The van der Waals surface area contributed by atoms with Gasteiger partial charge in [-0.2, -0.15) is 15.1 Å². The summed E-state index contributed by atoms with van der Waals surface area (Å²) in [4.78, 5) is 27.0. The number of hydrogen-bond acceptors (Lipinski definition) is 11. The number of nitrogens with zero attached hydrogens (tertiary/aromatic N) is 2. The molecule has 3 aromatic rings. The first-order valence-electron chi connectivity index (χ1n) is 10.2. The van der Waals surface area contributed by atoms with Crippen LogP contribution in [0.25, 0.3) is 0 Å². The van der Waals surface area contributed by atoms with Crippen LogP contribution in [0.15, 0.2) is 71.7 Å². The Balaban J connectivity index is 1.50. The van der Waals surface area contributed by atoms with E-state index in [0.717, 1.165) is 10.8 Å². The number of hydroxylamine groups is 1. The first-order chi connectivity index (χ1) is 16.7. The first kappa shape index (κ1) is 24.4. The van der Waals surface area contributed by atoms with Crippen LogP contribution in [0.2, 0.25) is 0 Å². The van der Waals surface area contributed by atoms with Gasteiger partial charge in [0.25, 0.3) is 0 Å². The number of nitrogen functional groups attached to an aromatic ring is 1. The van der Waals surface area contributed by atoms with E-state index in [9.17, 15) is 24.4 Å². The Morgan fingerprint density at radius 1 is 1.11 bits per heavy atom. The lowest BCUT2D eigenvalue weighted by atomic mass is 10.2. The molecule has 1 aromatic heterocycles. The lowest BCUT2D eigenvalue weighted by molar-refractivity contribution is -0.0912. The van der Waals surface area contributed by atoms with E-state index in [-0.39, 0.29) is 17.9 Å². The number of carboxylic acid groups (broad SMARTS) is 1. The number of hydrogen-bond donors (Lipinski definition) is 4. The van der Waals surface area contributed by atoms with E-state index >= 15 is 0 Å². The van der Waals surface area contributed by atoms with Crippen LogP contribution in [0.5, 0.6) is 11.5 Å². The van der Waals surface area contributed by atoms with Gasteiger partial charge >= 0.3 is 19.5 Å². The minimum atomic E-state index is -4.35. The van der Waals surface area contributed by atoms with Gasteiger partial charge in [-0.05, 0) is 24.3 Å². The molecule has 0 radical (unpaired) electrons. The molecule has 0 spiro atoms. The Bertz CT molecular complexity index is 1240. The number of phosphoric acid groups is 1. The van der Waals surface area contributed by atoms with Crippen LogP contribution in [0.4, 0.5) is 5.82 Å². The first-order valence-corrected chi connectivity index (χ1v) is 11.7. The molecule has 13 nitrogen and oxygen atoms in total. The maximum Gasteiger partial charge on any atom is 0.604 e. The molecule has 35 heavy (non-hydrogen) atoms. The summed E-state index contributed by atoms with van der Waals surface area (Å²) in [5.74, 6) is -1.45. The lowest BCUT2D eigenvalue weighted by Crippen LogP contribution is -2.37. The summed E-state index contributed by atoms with van der Waals surface area (Å²) in [6, 6.07) is 16.3. The van der Waals surface area contributed by atoms with E-state index < -0.39 is 49.4 Å². The molecule has 0 unspecified atom stereocenters. The number of anilines is 1. The fraction of sp³-hybridized carbons (Fsp3) is 0.190. The summed E-state index contributed by atoms with van der Waals surface area (Å²) in [7, 11) is -4.35. The highest BCUT2D eigenvalue weighted by Crippen LogP contribution is 2.49. The zero-order chi connectivity index (χ0) is 25.0. The smallest absolute Gasteiger partial charge is 0.478 e. The number of carbonyl (C=O) groups is 1. The zero-order valence-corrected chi connectivity index (χ0v) is 18.9. The van der Waals surface area contributed by atoms with Crippen LogP contribution in [0.3, 0.4) is 0 Å². The number of aromatic nitrogens is 2. The van der Waals surface area contributed by atoms with Crippen molar-refractivity contribution in [2.24, 2.45) is 0 Å². The fourth-order valence-corrected chi connectivity index (χ4v) is 4.28. The van der Waals surface area contributed by atoms with Gasteiger partial charge in [-0.15, -0.1) is 0 Å². The van der Waals surface area contributed by atoms with E-state index in [0.29, 0.717) is 0 Å². The van der Waals surface area contributed by atoms with E-state index in [2.05, 4.69) is 10.5 Å². The molecule has 1 fully saturated rings. The molecule has 2 aromatic carbocycles. The van der Waals surface area contributed by atoms with Crippen LogP contribution in [0.1, 0.15) is 23.0 Å². The van der Waals surface area contributed by atoms with Gasteiger partial charge in [0.2, 0.25) is 0 Å². The monoisotopic (exact) mass is 504 g/mol. The number of nitrogens with one attached hydrogen (secondary N) is 1. The van der Waals surface area contributed by atoms with E-state index in [1.165, 1.54) is 0 Å². The molecule has 1 aliphatic rings. The number of phosphoric ester groups is 1. The van der Waals surface area contributed by atoms with Crippen LogP contribution in [-0.4, -0.2) is 38.1 Å². The zero-order valence-electron chi connectivity index (χ0n) is 18.0. The minimum absolute atomic E-state index is 0.144. The summed E-state index contributed by atoms with van der Waals surface area (Å²) in [5, 5.41) is 19.6. The number of aliphatic hydroxyl groups is 1. The Kier molecular flexibility index (Phi) is 7.15. The number of aliphatic hydroxyl groups excluding tert-OH is 1. The Labute approximate surface area is 198 Å². The SMILES string of the molecule is Nc1nc(=O)n([C@H]2C[C@H](O)[C@@H](NOP(=O)(Oc3ccccc3)Oc3ccccc3)O2)cc1C(=O)O. The quantitative estimate of drug-likeness (QED) is 0.245. The highest BCUT2D eigenvalue weighted by molar-refractivity contribution is 7.49. The molecule has 1 aliphatic heterocycles. The third-order valence-corrected chi connectivity index (χ3v) is 6.02. The second kappa shape index (κ2) is 10.3. The van der Waals surface area contributed by atoms with Crippen molar-refractivity contribution < 1.29 is 38.0 Å². The van der Waals surface area contributed by atoms with Gasteiger partial charge in [-0.1, -0.05) is 36.4 Å². The summed E-state index contributed by atoms with van der Waals surface area (Å²) in [6.07, 6.45) is -2.83. The van der Waals surface area contributed by atoms with Crippen molar-refractivity contribution in [2.75, 3.05) is 5.73 Å². The molecule has 0 saturated carbocycles. The molecule has 4 rings (SSSR count). The van der Waals surface area contributed by atoms with Crippen molar-refractivity contribution in [3.8, 4) is 11.5 Å². The molecule has 0 aliphatic carbocycles. The molecule has 5 N–H and O–H groups in total.